The van der Waals surface area contributed by atoms with Crippen molar-refractivity contribution in [2.24, 2.45) is 5.73 Å². The van der Waals surface area contributed by atoms with E-state index in [1.54, 1.807) is 12.3 Å². The fraction of sp³-hybridized carbons (Fsp3) is 0.300. The number of aromatic nitrogens is 1. The van der Waals surface area contributed by atoms with Crippen LogP contribution in [0.5, 0.6) is 0 Å². The number of hydrogen-bond acceptors (Lipinski definition) is 3. The van der Waals surface area contributed by atoms with Gasteiger partial charge in [-0.2, -0.15) is 0 Å². The Balaban J connectivity index is 2.33. The standard InChI is InChI=1S/C10H12FN3/c11-9-8(7-12)3-4-13-10(9)14-5-1-2-6-14/h1-4H,5-7,12H2. The van der Waals surface area contributed by atoms with Gasteiger partial charge in [-0.25, -0.2) is 9.37 Å². The van der Waals surface area contributed by atoms with E-state index in [9.17, 15) is 4.39 Å². The van der Waals surface area contributed by atoms with Crippen molar-refractivity contribution in [1.82, 2.24) is 4.98 Å². The van der Waals surface area contributed by atoms with Gasteiger partial charge < -0.3 is 10.6 Å². The Labute approximate surface area is 82.0 Å². The molecule has 1 aliphatic heterocycles. The molecule has 0 fully saturated rings. The van der Waals surface area contributed by atoms with E-state index in [-0.39, 0.29) is 12.4 Å². The second kappa shape index (κ2) is 3.75. The fourth-order valence-electron chi connectivity index (χ4n) is 1.50. The van der Waals surface area contributed by atoms with Crippen LogP contribution in [0.15, 0.2) is 24.4 Å². The highest BCUT2D eigenvalue weighted by Crippen LogP contribution is 2.20. The molecule has 4 heteroatoms. The third kappa shape index (κ3) is 1.48. The number of pyridine rings is 1. The number of nitrogens with zero attached hydrogens (tertiary/aromatic N) is 2. The van der Waals surface area contributed by atoms with Crippen molar-refractivity contribution in [1.29, 1.82) is 0 Å². The second-order valence-electron chi connectivity index (χ2n) is 3.19. The molecular formula is C10H12FN3. The molecule has 2 heterocycles. The van der Waals surface area contributed by atoms with E-state index in [0.29, 0.717) is 11.4 Å². The predicted molar refractivity (Wildman–Crippen MR) is 53.4 cm³/mol. The minimum Gasteiger partial charge on any atom is -0.347 e. The molecule has 14 heavy (non-hydrogen) atoms. The summed E-state index contributed by atoms with van der Waals surface area (Å²) in [4.78, 5) is 5.89. The van der Waals surface area contributed by atoms with Crippen molar-refractivity contribution in [3.8, 4) is 0 Å². The molecular weight excluding hydrogens is 181 g/mol. The van der Waals surface area contributed by atoms with Crippen LogP contribution in [0.25, 0.3) is 0 Å². The number of halogens is 1. The highest BCUT2D eigenvalue weighted by atomic mass is 19.1. The van der Waals surface area contributed by atoms with E-state index in [0.717, 1.165) is 13.1 Å². The van der Waals surface area contributed by atoms with Crippen LogP contribution >= 0.6 is 0 Å². The highest BCUT2D eigenvalue weighted by Gasteiger charge is 2.15. The molecule has 0 aromatic carbocycles. The molecule has 2 rings (SSSR count). The SMILES string of the molecule is NCc1ccnc(N2CC=CC2)c1F. The number of nitrogens with two attached hydrogens (primary N) is 1. The van der Waals surface area contributed by atoms with Crippen molar-refractivity contribution in [2.75, 3.05) is 18.0 Å². The van der Waals surface area contributed by atoms with Crippen LogP contribution in [0.2, 0.25) is 0 Å². The van der Waals surface area contributed by atoms with E-state index in [1.807, 2.05) is 17.1 Å². The molecule has 1 aliphatic rings. The van der Waals surface area contributed by atoms with Gasteiger partial charge in [0, 0.05) is 31.4 Å². The van der Waals surface area contributed by atoms with E-state index in [2.05, 4.69) is 4.98 Å². The van der Waals surface area contributed by atoms with Crippen molar-refractivity contribution >= 4 is 5.82 Å². The molecule has 0 bridgehead atoms. The van der Waals surface area contributed by atoms with Crippen LogP contribution in [-0.2, 0) is 6.54 Å². The summed E-state index contributed by atoms with van der Waals surface area (Å²) < 4.78 is 13.7. The maximum atomic E-state index is 13.7. The van der Waals surface area contributed by atoms with Crippen LogP contribution in [0.1, 0.15) is 5.56 Å². The normalized spacial score (nSPS) is 15.1. The lowest BCUT2D eigenvalue weighted by Crippen LogP contribution is -2.22. The molecule has 0 saturated heterocycles. The highest BCUT2D eigenvalue weighted by molar-refractivity contribution is 5.46. The molecule has 0 amide bonds. The molecule has 3 nitrogen and oxygen atoms in total. The third-order valence-electron chi connectivity index (χ3n) is 2.29. The van der Waals surface area contributed by atoms with Crippen molar-refractivity contribution in [2.45, 2.75) is 6.54 Å². The van der Waals surface area contributed by atoms with Gasteiger partial charge in [-0.1, -0.05) is 12.2 Å². The van der Waals surface area contributed by atoms with E-state index >= 15 is 0 Å². The third-order valence-corrected chi connectivity index (χ3v) is 2.29. The molecule has 1 aromatic rings. The minimum atomic E-state index is -0.293. The number of anilines is 1. The second-order valence-corrected chi connectivity index (χ2v) is 3.19. The molecule has 1 aromatic heterocycles. The van der Waals surface area contributed by atoms with Gasteiger partial charge in [0.25, 0.3) is 0 Å². The Bertz CT molecular complexity index is 354. The van der Waals surface area contributed by atoms with Gasteiger partial charge in [0.1, 0.15) is 0 Å². The average Bonchev–Trinajstić information content (AvgIpc) is 2.71. The van der Waals surface area contributed by atoms with Crippen LogP contribution in [0.4, 0.5) is 10.2 Å². The summed E-state index contributed by atoms with van der Waals surface area (Å²) in [5.41, 5.74) is 5.93. The fourth-order valence-corrected chi connectivity index (χ4v) is 1.50. The Kier molecular flexibility index (Phi) is 2.45. The number of rotatable bonds is 2. The molecule has 74 valence electrons. The van der Waals surface area contributed by atoms with Crippen LogP contribution in [0, 0.1) is 5.82 Å². The lowest BCUT2D eigenvalue weighted by Gasteiger charge is -2.17. The van der Waals surface area contributed by atoms with Gasteiger partial charge in [0.05, 0.1) is 0 Å². The summed E-state index contributed by atoms with van der Waals surface area (Å²) in [6, 6.07) is 1.61. The Morgan fingerprint density at radius 1 is 1.43 bits per heavy atom. The van der Waals surface area contributed by atoms with Gasteiger partial charge >= 0.3 is 0 Å². The smallest absolute Gasteiger partial charge is 0.170 e. The molecule has 0 spiro atoms. The minimum absolute atomic E-state index is 0.211. The molecule has 0 saturated carbocycles. The summed E-state index contributed by atoms with van der Waals surface area (Å²) in [7, 11) is 0. The molecule has 0 unspecified atom stereocenters. The summed E-state index contributed by atoms with van der Waals surface area (Å²) in [5, 5.41) is 0. The maximum absolute atomic E-state index is 13.7. The van der Waals surface area contributed by atoms with Crippen LogP contribution in [-0.4, -0.2) is 18.1 Å². The van der Waals surface area contributed by atoms with Gasteiger partial charge in [0.2, 0.25) is 0 Å². The molecule has 0 radical (unpaired) electrons. The van der Waals surface area contributed by atoms with E-state index in [4.69, 9.17) is 5.73 Å². The first-order valence-corrected chi connectivity index (χ1v) is 4.56. The van der Waals surface area contributed by atoms with Crippen molar-refractivity contribution in [3.05, 3.63) is 35.8 Å². The first-order chi connectivity index (χ1) is 6.83. The molecule has 0 atom stereocenters. The van der Waals surface area contributed by atoms with Gasteiger partial charge in [0.15, 0.2) is 11.6 Å². The van der Waals surface area contributed by atoms with Gasteiger partial charge in [-0.15, -0.1) is 0 Å². The summed E-state index contributed by atoms with van der Waals surface area (Å²) in [5.74, 6) is 0.108. The lowest BCUT2D eigenvalue weighted by molar-refractivity contribution is 0.600. The van der Waals surface area contributed by atoms with Crippen LogP contribution < -0.4 is 10.6 Å². The topological polar surface area (TPSA) is 42.1 Å². The van der Waals surface area contributed by atoms with Gasteiger partial charge in [-0.05, 0) is 6.07 Å². The van der Waals surface area contributed by atoms with E-state index in [1.165, 1.54) is 0 Å². The zero-order valence-electron chi connectivity index (χ0n) is 7.78. The Hall–Kier alpha value is -1.42. The molecule has 2 N–H and O–H groups in total. The quantitative estimate of drug-likeness (QED) is 0.714. The average molecular weight is 193 g/mol. The van der Waals surface area contributed by atoms with Gasteiger partial charge in [-0.3, -0.25) is 0 Å². The summed E-state index contributed by atoms with van der Waals surface area (Å²) in [6.45, 7) is 1.65. The Morgan fingerprint density at radius 2 is 2.14 bits per heavy atom. The first kappa shape index (κ1) is 9.15. The maximum Gasteiger partial charge on any atom is 0.170 e. The summed E-state index contributed by atoms with van der Waals surface area (Å²) >= 11 is 0. The predicted octanol–water partition coefficient (Wildman–Crippen LogP) is 1.06. The molecule has 0 aliphatic carbocycles. The zero-order chi connectivity index (χ0) is 9.97. The Morgan fingerprint density at radius 3 is 2.79 bits per heavy atom. The monoisotopic (exact) mass is 193 g/mol. The van der Waals surface area contributed by atoms with E-state index < -0.39 is 0 Å². The first-order valence-electron chi connectivity index (χ1n) is 4.56. The summed E-state index contributed by atoms with van der Waals surface area (Å²) in [6.07, 6.45) is 5.59. The van der Waals surface area contributed by atoms with Crippen molar-refractivity contribution < 1.29 is 4.39 Å². The van der Waals surface area contributed by atoms with Crippen LogP contribution in [0.3, 0.4) is 0 Å². The zero-order valence-corrected chi connectivity index (χ0v) is 7.78. The largest absolute Gasteiger partial charge is 0.347 e. The lowest BCUT2D eigenvalue weighted by atomic mass is 10.2. The van der Waals surface area contributed by atoms with Crippen molar-refractivity contribution in [3.63, 3.8) is 0 Å². The number of hydrogen-bond donors (Lipinski definition) is 1.